The molecule has 0 saturated carbocycles. The van der Waals surface area contributed by atoms with Gasteiger partial charge in [0, 0.05) is 11.8 Å². The average Bonchev–Trinajstić information content (AvgIpc) is 2.92. The number of carbonyl (C=O) groups is 2. The van der Waals surface area contributed by atoms with Gasteiger partial charge >= 0.3 is 0 Å². The van der Waals surface area contributed by atoms with Gasteiger partial charge in [-0.15, -0.1) is 11.8 Å². The Balaban J connectivity index is 1.76. The third-order valence-corrected chi connectivity index (χ3v) is 3.98. The van der Waals surface area contributed by atoms with E-state index in [2.05, 4.69) is 15.8 Å². The molecular formula is C15H16FN3O3S. The minimum Gasteiger partial charge on any atom is -0.360 e. The highest BCUT2D eigenvalue weighted by atomic mass is 32.2. The zero-order chi connectivity index (χ0) is 16.8. The van der Waals surface area contributed by atoms with Crippen LogP contribution in [-0.4, -0.2) is 28.0 Å². The van der Waals surface area contributed by atoms with Gasteiger partial charge in [0.2, 0.25) is 11.8 Å². The van der Waals surface area contributed by atoms with Crippen LogP contribution < -0.4 is 10.6 Å². The van der Waals surface area contributed by atoms with Crippen molar-refractivity contribution in [2.75, 3.05) is 16.4 Å². The van der Waals surface area contributed by atoms with Crippen LogP contribution in [0.5, 0.6) is 0 Å². The lowest BCUT2D eigenvalue weighted by Crippen LogP contribution is -2.25. The summed E-state index contributed by atoms with van der Waals surface area (Å²) in [5.74, 6) is 0.140. The van der Waals surface area contributed by atoms with E-state index in [0.29, 0.717) is 17.3 Å². The summed E-state index contributed by atoms with van der Waals surface area (Å²) in [4.78, 5) is 23.7. The van der Waals surface area contributed by atoms with Crippen LogP contribution in [0.15, 0.2) is 34.9 Å². The molecule has 1 aromatic carbocycles. The van der Waals surface area contributed by atoms with E-state index in [1.807, 2.05) is 0 Å². The van der Waals surface area contributed by atoms with E-state index in [-0.39, 0.29) is 23.4 Å². The Morgan fingerprint density at radius 1 is 1.30 bits per heavy atom. The van der Waals surface area contributed by atoms with Crippen LogP contribution in [-0.2, 0) is 9.59 Å². The maximum Gasteiger partial charge on any atom is 0.238 e. The predicted octanol–water partition coefficient (Wildman–Crippen LogP) is 2.82. The van der Waals surface area contributed by atoms with E-state index < -0.39 is 5.25 Å². The SMILES string of the molecule is Cc1cc(NC(=O)[C@H](C)SCC(=O)Nc2ccc(F)cc2)no1. The predicted molar refractivity (Wildman–Crippen MR) is 86.8 cm³/mol. The minimum atomic E-state index is -0.439. The van der Waals surface area contributed by atoms with Crippen molar-refractivity contribution in [3.63, 3.8) is 0 Å². The van der Waals surface area contributed by atoms with Crippen molar-refractivity contribution >= 4 is 35.1 Å². The van der Waals surface area contributed by atoms with E-state index in [1.54, 1.807) is 19.9 Å². The van der Waals surface area contributed by atoms with Gasteiger partial charge in [0.05, 0.1) is 11.0 Å². The first-order valence-electron chi connectivity index (χ1n) is 6.85. The third kappa shape index (κ3) is 5.41. The molecule has 8 heteroatoms. The van der Waals surface area contributed by atoms with E-state index in [1.165, 1.54) is 36.0 Å². The molecule has 2 aromatic rings. The van der Waals surface area contributed by atoms with E-state index in [0.717, 1.165) is 0 Å². The number of amides is 2. The second kappa shape index (κ2) is 7.77. The molecule has 1 aromatic heterocycles. The lowest BCUT2D eigenvalue weighted by molar-refractivity contribution is -0.115. The van der Waals surface area contributed by atoms with Crippen molar-refractivity contribution < 1.29 is 18.5 Å². The maximum atomic E-state index is 12.8. The molecule has 2 rings (SSSR count). The van der Waals surface area contributed by atoms with Crippen LogP contribution >= 0.6 is 11.8 Å². The van der Waals surface area contributed by atoms with E-state index in [4.69, 9.17) is 4.52 Å². The standard InChI is InChI=1S/C15H16FN3O3S/c1-9-7-13(19-22-9)18-15(21)10(2)23-8-14(20)17-12-5-3-11(16)4-6-12/h3-7,10H,8H2,1-2H3,(H,17,20)(H,18,19,21)/t10-/m0/s1. The molecule has 23 heavy (non-hydrogen) atoms. The van der Waals surface area contributed by atoms with Crippen molar-refractivity contribution in [2.24, 2.45) is 0 Å². The van der Waals surface area contributed by atoms with Crippen LogP contribution in [0, 0.1) is 12.7 Å². The number of hydrogen-bond acceptors (Lipinski definition) is 5. The molecule has 2 N–H and O–H groups in total. The number of carbonyl (C=O) groups excluding carboxylic acids is 2. The average molecular weight is 337 g/mol. The molecule has 0 unspecified atom stereocenters. The van der Waals surface area contributed by atoms with Crippen LogP contribution in [0.3, 0.4) is 0 Å². The lowest BCUT2D eigenvalue weighted by atomic mass is 10.3. The van der Waals surface area contributed by atoms with Gasteiger partial charge in [-0.25, -0.2) is 4.39 Å². The number of nitrogens with one attached hydrogen (secondary N) is 2. The summed E-state index contributed by atoms with van der Waals surface area (Å²) in [5, 5.41) is 8.47. The van der Waals surface area contributed by atoms with Gasteiger partial charge in [-0.2, -0.15) is 0 Å². The van der Waals surface area contributed by atoms with Gasteiger partial charge in [0.15, 0.2) is 5.82 Å². The molecule has 1 heterocycles. The van der Waals surface area contributed by atoms with Crippen LogP contribution in [0.1, 0.15) is 12.7 Å². The number of aromatic nitrogens is 1. The molecule has 0 aliphatic heterocycles. The fourth-order valence-electron chi connectivity index (χ4n) is 1.66. The fraction of sp³-hybridized carbons (Fsp3) is 0.267. The Morgan fingerprint density at radius 2 is 2.00 bits per heavy atom. The number of aryl methyl sites for hydroxylation is 1. The summed E-state index contributed by atoms with van der Waals surface area (Å²) < 4.78 is 17.6. The fourth-order valence-corrected chi connectivity index (χ4v) is 2.34. The number of rotatable bonds is 6. The minimum absolute atomic E-state index is 0.101. The molecule has 0 fully saturated rings. The monoisotopic (exact) mass is 337 g/mol. The van der Waals surface area contributed by atoms with Gasteiger partial charge in [-0.3, -0.25) is 9.59 Å². The van der Waals surface area contributed by atoms with Crippen molar-refractivity contribution in [1.29, 1.82) is 0 Å². The van der Waals surface area contributed by atoms with Crippen molar-refractivity contribution in [3.8, 4) is 0 Å². The zero-order valence-corrected chi connectivity index (χ0v) is 13.4. The maximum absolute atomic E-state index is 12.8. The van der Waals surface area contributed by atoms with Crippen molar-refractivity contribution in [1.82, 2.24) is 5.16 Å². The quantitative estimate of drug-likeness (QED) is 0.847. The van der Waals surface area contributed by atoms with Gasteiger partial charge in [0.25, 0.3) is 0 Å². The summed E-state index contributed by atoms with van der Waals surface area (Å²) in [5.41, 5.74) is 0.507. The smallest absolute Gasteiger partial charge is 0.238 e. The topological polar surface area (TPSA) is 84.2 Å². The van der Waals surface area contributed by atoms with E-state index in [9.17, 15) is 14.0 Å². The Kier molecular flexibility index (Phi) is 5.75. The van der Waals surface area contributed by atoms with Gasteiger partial charge < -0.3 is 15.2 Å². The molecule has 1 atom stereocenters. The van der Waals surface area contributed by atoms with E-state index >= 15 is 0 Å². The van der Waals surface area contributed by atoms with Crippen LogP contribution in [0.2, 0.25) is 0 Å². The summed E-state index contributed by atoms with van der Waals surface area (Å²) in [6.07, 6.45) is 0. The number of halogens is 1. The van der Waals surface area contributed by atoms with Gasteiger partial charge in [0.1, 0.15) is 11.6 Å². The first kappa shape index (κ1) is 17.0. The molecule has 6 nitrogen and oxygen atoms in total. The Labute approximate surface area is 136 Å². The molecule has 0 radical (unpaired) electrons. The summed E-state index contributed by atoms with van der Waals surface area (Å²) in [6, 6.07) is 7.08. The third-order valence-electron chi connectivity index (χ3n) is 2.84. The van der Waals surface area contributed by atoms with Gasteiger partial charge in [-0.05, 0) is 38.1 Å². The van der Waals surface area contributed by atoms with Crippen LogP contribution in [0.4, 0.5) is 15.9 Å². The number of benzene rings is 1. The Bertz CT molecular complexity index is 688. The molecule has 0 spiro atoms. The highest BCUT2D eigenvalue weighted by molar-refractivity contribution is 8.01. The molecule has 0 aliphatic rings. The number of thioether (sulfide) groups is 1. The highest BCUT2D eigenvalue weighted by Gasteiger charge is 2.16. The molecular weight excluding hydrogens is 321 g/mol. The first-order chi connectivity index (χ1) is 10.9. The molecule has 0 bridgehead atoms. The first-order valence-corrected chi connectivity index (χ1v) is 7.90. The normalized spacial score (nSPS) is 11.8. The summed E-state index contributed by atoms with van der Waals surface area (Å²) >= 11 is 1.18. The lowest BCUT2D eigenvalue weighted by Gasteiger charge is -2.10. The largest absolute Gasteiger partial charge is 0.360 e. The summed E-state index contributed by atoms with van der Waals surface area (Å²) in [6.45, 7) is 3.42. The second-order valence-corrected chi connectivity index (χ2v) is 6.15. The molecule has 122 valence electrons. The second-order valence-electron chi connectivity index (χ2n) is 4.82. The summed E-state index contributed by atoms with van der Waals surface area (Å²) in [7, 11) is 0. The van der Waals surface area contributed by atoms with Crippen molar-refractivity contribution in [3.05, 3.63) is 41.9 Å². The molecule has 0 aliphatic carbocycles. The Hall–Kier alpha value is -2.35. The van der Waals surface area contributed by atoms with Crippen LogP contribution in [0.25, 0.3) is 0 Å². The number of nitrogens with zero attached hydrogens (tertiary/aromatic N) is 1. The molecule has 0 saturated heterocycles. The Morgan fingerprint density at radius 3 is 2.61 bits per heavy atom. The zero-order valence-electron chi connectivity index (χ0n) is 12.6. The molecule has 2 amide bonds. The number of anilines is 2. The number of hydrogen-bond donors (Lipinski definition) is 2. The van der Waals surface area contributed by atoms with Crippen molar-refractivity contribution in [2.45, 2.75) is 19.1 Å². The highest BCUT2D eigenvalue weighted by Crippen LogP contribution is 2.15. The van der Waals surface area contributed by atoms with Gasteiger partial charge in [-0.1, -0.05) is 5.16 Å².